The Balaban J connectivity index is 0.00000300. The molecule has 0 saturated carbocycles. The predicted octanol–water partition coefficient (Wildman–Crippen LogP) is 4.05. The number of hydrogen-bond acceptors (Lipinski definition) is 5. The van der Waals surface area contributed by atoms with Crippen LogP contribution in [0.15, 0.2) is 40.8 Å². The molecule has 1 fully saturated rings. The molecule has 29 heavy (non-hydrogen) atoms. The van der Waals surface area contributed by atoms with Gasteiger partial charge >= 0.3 is 0 Å². The fraction of sp³-hybridized carbons (Fsp3) is 0.524. The first-order valence-corrected chi connectivity index (χ1v) is 10.9. The fourth-order valence-corrected chi connectivity index (χ4v) is 4.23. The van der Waals surface area contributed by atoms with Crippen LogP contribution >= 0.6 is 35.3 Å². The molecule has 1 saturated heterocycles. The summed E-state index contributed by atoms with van der Waals surface area (Å²) in [5.74, 6) is 1.47. The number of aliphatic imine (C=N–C) groups is 1. The predicted molar refractivity (Wildman–Crippen MR) is 131 cm³/mol. The minimum Gasteiger partial charge on any atom is -0.475 e. The first-order valence-electron chi connectivity index (χ1n) is 9.99. The zero-order valence-electron chi connectivity index (χ0n) is 17.4. The van der Waals surface area contributed by atoms with Crippen LogP contribution in [0.25, 0.3) is 0 Å². The lowest BCUT2D eigenvalue weighted by molar-refractivity contribution is 0.232. The first kappa shape index (κ1) is 23.9. The van der Waals surface area contributed by atoms with Crippen molar-refractivity contribution < 1.29 is 4.74 Å². The maximum absolute atomic E-state index is 5.59. The van der Waals surface area contributed by atoms with E-state index in [1.165, 1.54) is 30.8 Å². The largest absolute Gasteiger partial charge is 0.475 e. The van der Waals surface area contributed by atoms with Gasteiger partial charge in [0.25, 0.3) is 0 Å². The minimum atomic E-state index is 0. The average Bonchev–Trinajstić information content (AvgIpc) is 3.40. The molecular weight excluding hydrogens is 497 g/mol. The number of halogens is 1. The van der Waals surface area contributed by atoms with Crippen LogP contribution in [0.3, 0.4) is 0 Å². The Labute approximate surface area is 195 Å². The van der Waals surface area contributed by atoms with Crippen LogP contribution < -0.4 is 15.4 Å². The first-order chi connectivity index (χ1) is 13.7. The molecule has 1 atom stereocenters. The Morgan fingerprint density at radius 2 is 2.03 bits per heavy atom. The summed E-state index contributed by atoms with van der Waals surface area (Å²) >= 11 is 1.83. The van der Waals surface area contributed by atoms with Gasteiger partial charge in [0.15, 0.2) is 5.96 Å². The van der Waals surface area contributed by atoms with Crippen LogP contribution in [0.1, 0.15) is 43.2 Å². The van der Waals surface area contributed by atoms with Gasteiger partial charge in [-0.25, -0.2) is 4.98 Å². The fourth-order valence-electron chi connectivity index (χ4n) is 3.37. The second kappa shape index (κ2) is 12.3. The van der Waals surface area contributed by atoms with Crippen molar-refractivity contribution in [2.75, 3.05) is 26.7 Å². The summed E-state index contributed by atoms with van der Waals surface area (Å²) in [6.07, 6.45) is 4.55. The number of nitrogens with one attached hydrogen (secondary N) is 2. The molecule has 0 amide bonds. The summed E-state index contributed by atoms with van der Waals surface area (Å²) in [5.41, 5.74) is 1.09. The molecule has 0 aliphatic carbocycles. The Kier molecular flexibility index (Phi) is 10.2. The van der Waals surface area contributed by atoms with Gasteiger partial charge in [-0.2, -0.15) is 0 Å². The van der Waals surface area contributed by atoms with Gasteiger partial charge in [-0.15, -0.1) is 35.3 Å². The zero-order chi connectivity index (χ0) is 19.8. The Morgan fingerprint density at radius 1 is 1.24 bits per heavy atom. The van der Waals surface area contributed by atoms with Crippen molar-refractivity contribution in [2.24, 2.45) is 4.99 Å². The van der Waals surface area contributed by atoms with Crippen LogP contribution in [0.2, 0.25) is 0 Å². The molecule has 2 N–H and O–H groups in total. The molecule has 1 unspecified atom stereocenters. The van der Waals surface area contributed by atoms with E-state index in [2.05, 4.69) is 43.0 Å². The molecule has 2 aromatic rings. The van der Waals surface area contributed by atoms with Gasteiger partial charge in [0.05, 0.1) is 12.1 Å². The third kappa shape index (κ3) is 7.42. The second-order valence-corrected chi connectivity index (χ2v) is 8.23. The molecule has 0 bridgehead atoms. The van der Waals surface area contributed by atoms with E-state index < -0.39 is 0 Å². The van der Waals surface area contributed by atoms with Crippen molar-refractivity contribution in [3.63, 3.8) is 0 Å². The number of pyridine rings is 1. The molecule has 6 nitrogen and oxygen atoms in total. The van der Waals surface area contributed by atoms with Gasteiger partial charge in [-0.05, 0) is 56.8 Å². The van der Waals surface area contributed by atoms with Crippen LogP contribution in [0.5, 0.6) is 5.88 Å². The highest BCUT2D eigenvalue weighted by Gasteiger charge is 2.24. The monoisotopic (exact) mass is 529 g/mol. The average molecular weight is 529 g/mol. The van der Waals surface area contributed by atoms with Crippen molar-refractivity contribution in [3.05, 3.63) is 46.3 Å². The van der Waals surface area contributed by atoms with Crippen molar-refractivity contribution in [3.8, 4) is 5.88 Å². The normalized spacial score (nSPS) is 15.8. The lowest BCUT2D eigenvalue weighted by atomic mass is 10.2. The third-order valence-electron chi connectivity index (χ3n) is 4.75. The number of ether oxygens (including phenoxy) is 1. The molecule has 0 radical (unpaired) electrons. The van der Waals surface area contributed by atoms with Crippen LogP contribution in [-0.4, -0.2) is 48.6 Å². The van der Waals surface area contributed by atoms with Crippen molar-refractivity contribution in [1.29, 1.82) is 0 Å². The molecule has 1 aliphatic rings. The van der Waals surface area contributed by atoms with Crippen molar-refractivity contribution in [1.82, 2.24) is 20.5 Å². The zero-order valence-corrected chi connectivity index (χ0v) is 20.6. The van der Waals surface area contributed by atoms with Gasteiger partial charge in [0.2, 0.25) is 5.88 Å². The maximum atomic E-state index is 5.59. The van der Waals surface area contributed by atoms with Gasteiger partial charge in [0.1, 0.15) is 0 Å². The highest BCUT2D eigenvalue weighted by atomic mass is 127. The summed E-state index contributed by atoms with van der Waals surface area (Å²) < 4.78 is 5.59. The molecule has 0 aromatic carbocycles. The van der Waals surface area contributed by atoms with E-state index in [1.54, 1.807) is 0 Å². The molecule has 0 spiro atoms. The molecule has 3 rings (SSSR count). The summed E-state index contributed by atoms with van der Waals surface area (Å²) in [6.45, 7) is 7.86. The number of nitrogens with zero attached hydrogens (tertiary/aromatic N) is 3. The van der Waals surface area contributed by atoms with Crippen molar-refractivity contribution >= 4 is 41.3 Å². The van der Waals surface area contributed by atoms with Gasteiger partial charge < -0.3 is 15.4 Å². The maximum Gasteiger partial charge on any atom is 0.213 e. The lowest BCUT2D eigenvalue weighted by Crippen LogP contribution is -2.42. The Bertz CT molecular complexity index is 730. The highest BCUT2D eigenvalue weighted by Crippen LogP contribution is 2.27. The molecule has 2 aromatic heterocycles. The molecule has 1 aliphatic heterocycles. The van der Waals surface area contributed by atoms with E-state index in [0.29, 0.717) is 18.5 Å². The molecular formula is C21H32IN5OS. The number of likely N-dealkylation sites (tertiary alicyclic amines) is 1. The van der Waals surface area contributed by atoms with Crippen LogP contribution in [-0.2, 0) is 6.54 Å². The summed E-state index contributed by atoms with van der Waals surface area (Å²) in [4.78, 5) is 12.7. The number of hydrogen-bond donors (Lipinski definition) is 2. The van der Waals surface area contributed by atoms with Crippen molar-refractivity contribution in [2.45, 2.75) is 45.4 Å². The number of rotatable bonds is 8. The summed E-state index contributed by atoms with van der Waals surface area (Å²) in [5, 5.41) is 9.04. The number of guanidine groups is 1. The topological polar surface area (TPSA) is 61.8 Å². The van der Waals surface area contributed by atoms with Gasteiger partial charge in [-0.3, -0.25) is 9.89 Å². The number of thiophene rings is 1. The minimum absolute atomic E-state index is 0. The third-order valence-corrected chi connectivity index (χ3v) is 5.73. The SMILES string of the molecule is CN=C(NCc1ccc(OC(C)C)nc1)NCC(c1cccs1)N1CCCC1.I. The van der Waals surface area contributed by atoms with E-state index in [-0.39, 0.29) is 30.1 Å². The van der Waals surface area contributed by atoms with Crippen LogP contribution in [0.4, 0.5) is 0 Å². The quantitative estimate of drug-likeness (QED) is 0.307. The van der Waals surface area contributed by atoms with E-state index >= 15 is 0 Å². The van der Waals surface area contributed by atoms with Gasteiger partial charge in [-0.1, -0.05) is 12.1 Å². The van der Waals surface area contributed by atoms with Gasteiger partial charge in [0, 0.05) is 37.3 Å². The lowest BCUT2D eigenvalue weighted by Gasteiger charge is -2.27. The van der Waals surface area contributed by atoms with E-state index in [9.17, 15) is 0 Å². The Hall–Kier alpha value is -1.39. The standard InChI is InChI=1S/C21H31N5OS.HI/c1-16(2)27-20-9-8-17(13-23-20)14-24-21(22-3)25-15-18(19-7-6-12-28-19)26-10-4-5-11-26;/h6-9,12-13,16,18H,4-5,10-11,14-15H2,1-3H3,(H2,22,24,25);1H. The summed E-state index contributed by atoms with van der Waals surface area (Å²) in [7, 11) is 1.81. The molecule has 8 heteroatoms. The van der Waals surface area contributed by atoms with E-state index in [4.69, 9.17) is 4.74 Å². The number of aromatic nitrogens is 1. The molecule has 3 heterocycles. The second-order valence-electron chi connectivity index (χ2n) is 7.25. The van der Waals surface area contributed by atoms with E-state index in [1.807, 2.05) is 50.6 Å². The summed E-state index contributed by atoms with van der Waals surface area (Å²) in [6, 6.07) is 8.71. The van der Waals surface area contributed by atoms with Crippen LogP contribution in [0, 0.1) is 0 Å². The smallest absolute Gasteiger partial charge is 0.213 e. The Morgan fingerprint density at radius 3 is 2.62 bits per heavy atom. The molecule has 160 valence electrons. The highest BCUT2D eigenvalue weighted by molar-refractivity contribution is 14.0. The van der Waals surface area contributed by atoms with E-state index in [0.717, 1.165) is 18.1 Å².